The van der Waals surface area contributed by atoms with Gasteiger partial charge < -0.3 is 19.9 Å². The number of aliphatic carboxylic acids is 1. The number of hydrogen-bond donors (Lipinski definition) is 2. The number of carbonyl (C=O) groups excluding carboxylic acids is 1. The second kappa shape index (κ2) is 9.14. The smallest absolute Gasteiger partial charge is 0.407 e. The summed E-state index contributed by atoms with van der Waals surface area (Å²) in [5, 5.41) is 12.1. The number of amides is 1. The van der Waals surface area contributed by atoms with E-state index in [4.69, 9.17) is 9.47 Å². The normalized spacial score (nSPS) is 13.1. The van der Waals surface area contributed by atoms with E-state index in [0.29, 0.717) is 11.3 Å². The third-order valence-corrected chi connectivity index (χ3v) is 5.84. The number of methoxy groups -OCH3 is 1. The molecule has 1 atom stereocenters. The fourth-order valence-corrected chi connectivity index (χ4v) is 4.33. The molecule has 0 heterocycles. The van der Waals surface area contributed by atoms with Crippen molar-refractivity contribution in [3.63, 3.8) is 0 Å². The minimum absolute atomic E-state index is 0.0608. The van der Waals surface area contributed by atoms with E-state index in [1.807, 2.05) is 37.3 Å². The third kappa shape index (κ3) is 4.30. The van der Waals surface area contributed by atoms with Crippen molar-refractivity contribution in [3.8, 4) is 16.9 Å². The fraction of sp³-hybridized carbons (Fsp3) is 0.231. The number of nitrogens with one attached hydrogen (secondary N) is 1. The molecule has 0 radical (unpaired) electrons. The average Bonchev–Trinajstić information content (AvgIpc) is 3.10. The molecule has 32 heavy (non-hydrogen) atoms. The van der Waals surface area contributed by atoms with Gasteiger partial charge in [0.15, 0.2) is 0 Å². The van der Waals surface area contributed by atoms with Gasteiger partial charge in [-0.25, -0.2) is 4.79 Å². The number of alkyl carbamates (subject to hydrolysis) is 1. The second-order valence-corrected chi connectivity index (χ2v) is 7.85. The van der Waals surface area contributed by atoms with Gasteiger partial charge in [-0.3, -0.25) is 4.79 Å². The highest BCUT2D eigenvalue weighted by molar-refractivity contribution is 5.79. The molecule has 0 aliphatic heterocycles. The molecule has 2 N–H and O–H groups in total. The molecule has 3 aromatic carbocycles. The molecule has 1 amide bonds. The lowest BCUT2D eigenvalue weighted by molar-refractivity contribution is -0.137. The van der Waals surface area contributed by atoms with Gasteiger partial charge in [0.2, 0.25) is 0 Å². The first-order valence-electron chi connectivity index (χ1n) is 10.5. The van der Waals surface area contributed by atoms with Gasteiger partial charge in [-0.1, -0.05) is 60.7 Å². The molecule has 6 heteroatoms. The van der Waals surface area contributed by atoms with E-state index in [2.05, 4.69) is 29.6 Å². The van der Waals surface area contributed by atoms with Crippen LogP contribution in [0.3, 0.4) is 0 Å². The topological polar surface area (TPSA) is 84.9 Å². The Morgan fingerprint density at radius 1 is 1.00 bits per heavy atom. The van der Waals surface area contributed by atoms with Crippen LogP contribution < -0.4 is 10.1 Å². The maximum atomic E-state index is 12.6. The molecule has 0 aromatic heterocycles. The first kappa shape index (κ1) is 21.4. The molecular weight excluding hydrogens is 406 g/mol. The monoisotopic (exact) mass is 431 g/mol. The molecule has 4 rings (SSSR count). The van der Waals surface area contributed by atoms with Gasteiger partial charge >= 0.3 is 12.1 Å². The van der Waals surface area contributed by atoms with Crippen LogP contribution in [-0.2, 0) is 9.53 Å². The van der Waals surface area contributed by atoms with Crippen molar-refractivity contribution in [2.45, 2.75) is 25.3 Å². The predicted molar refractivity (Wildman–Crippen MR) is 121 cm³/mol. The number of benzene rings is 3. The minimum atomic E-state index is -1.01. The van der Waals surface area contributed by atoms with E-state index in [1.165, 1.54) is 0 Å². The molecular formula is C26H25NO5. The van der Waals surface area contributed by atoms with Gasteiger partial charge in [-0.15, -0.1) is 0 Å². The summed E-state index contributed by atoms with van der Waals surface area (Å²) in [5.74, 6) is -0.374. The molecule has 0 spiro atoms. The summed E-state index contributed by atoms with van der Waals surface area (Å²) in [6.45, 7) is 2.04. The lowest BCUT2D eigenvalue weighted by Crippen LogP contribution is -2.31. The van der Waals surface area contributed by atoms with E-state index < -0.39 is 18.1 Å². The van der Waals surface area contributed by atoms with Crippen molar-refractivity contribution in [2.24, 2.45) is 0 Å². The zero-order valence-electron chi connectivity index (χ0n) is 18.0. The van der Waals surface area contributed by atoms with Crippen LogP contribution in [0.5, 0.6) is 5.75 Å². The van der Waals surface area contributed by atoms with Crippen molar-refractivity contribution >= 4 is 12.1 Å². The summed E-state index contributed by atoms with van der Waals surface area (Å²) in [5.41, 5.74) is 6.07. The summed E-state index contributed by atoms with van der Waals surface area (Å²) < 4.78 is 10.8. The van der Waals surface area contributed by atoms with Crippen LogP contribution >= 0.6 is 0 Å². The number of carboxylic acid groups (broad SMARTS) is 1. The van der Waals surface area contributed by atoms with Gasteiger partial charge in [0.25, 0.3) is 0 Å². The maximum Gasteiger partial charge on any atom is 0.407 e. The van der Waals surface area contributed by atoms with Crippen LogP contribution in [0.1, 0.15) is 40.6 Å². The summed E-state index contributed by atoms with van der Waals surface area (Å²) in [7, 11) is 1.58. The number of ether oxygens (including phenoxy) is 2. The van der Waals surface area contributed by atoms with Crippen LogP contribution in [-0.4, -0.2) is 30.9 Å². The SMILES string of the molecule is COc1ccc([C@H](CC(=O)O)NC(=O)OCC2c3ccccc3-c3ccccc32)cc1C. The Kier molecular flexibility index (Phi) is 6.12. The summed E-state index contributed by atoms with van der Waals surface area (Å²) in [6.07, 6.45) is -0.901. The first-order valence-corrected chi connectivity index (χ1v) is 10.5. The summed E-state index contributed by atoms with van der Waals surface area (Å²) in [6, 6.07) is 20.8. The van der Waals surface area contributed by atoms with Gasteiger partial charge in [0.1, 0.15) is 12.4 Å². The number of hydrogen-bond acceptors (Lipinski definition) is 4. The number of carbonyl (C=O) groups is 2. The Bertz CT molecular complexity index is 1110. The number of rotatable bonds is 7. The van der Waals surface area contributed by atoms with E-state index >= 15 is 0 Å². The summed E-state index contributed by atoms with van der Waals surface area (Å²) in [4.78, 5) is 24.0. The Morgan fingerprint density at radius 3 is 2.19 bits per heavy atom. The molecule has 0 fully saturated rings. The fourth-order valence-electron chi connectivity index (χ4n) is 4.33. The third-order valence-electron chi connectivity index (χ3n) is 5.84. The van der Waals surface area contributed by atoms with Crippen LogP contribution in [0.15, 0.2) is 66.7 Å². The molecule has 1 aliphatic rings. The van der Waals surface area contributed by atoms with Crippen molar-refractivity contribution < 1.29 is 24.2 Å². The van der Waals surface area contributed by atoms with Crippen LogP contribution in [0, 0.1) is 6.92 Å². The molecule has 0 unspecified atom stereocenters. The van der Waals surface area contributed by atoms with Crippen LogP contribution in [0.25, 0.3) is 11.1 Å². The molecule has 0 saturated heterocycles. The van der Waals surface area contributed by atoms with Crippen molar-refractivity contribution in [2.75, 3.05) is 13.7 Å². The Labute approximate surface area is 186 Å². The van der Waals surface area contributed by atoms with E-state index in [1.54, 1.807) is 19.2 Å². The van der Waals surface area contributed by atoms with Crippen LogP contribution in [0.4, 0.5) is 4.79 Å². The molecule has 0 bridgehead atoms. The Hall–Kier alpha value is -3.80. The number of fused-ring (bicyclic) bond motifs is 3. The lowest BCUT2D eigenvalue weighted by Gasteiger charge is -2.20. The van der Waals surface area contributed by atoms with Crippen molar-refractivity contribution in [3.05, 3.63) is 89.0 Å². The van der Waals surface area contributed by atoms with E-state index in [9.17, 15) is 14.7 Å². The van der Waals surface area contributed by atoms with Gasteiger partial charge in [0.05, 0.1) is 19.6 Å². The van der Waals surface area contributed by atoms with Gasteiger partial charge in [-0.2, -0.15) is 0 Å². The average molecular weight is 431 g/mol. The largest absolute Gasteiger partial charge is 0.496 e. The summed E-state index contributed by atoms with van der Waals surface area (Å²) >= 11 is 0. The highest BCUT2D eigenvalue weighted by Gasteiger charge is 2.29. The highest BCUT2D eigenvalue weighted by atomic mass is 16.5. The second-order valence-electron chi connectivity index (χ2n) is 7.85. The van der Waals surface area contributed by atoms with Crippen molar-refractivity contribution in [1.82, 2.24) is 5.32 Å². The number of aryl methyl sites for hydroxylation is 1. The van der Waals surface area contributed by atoms with Gasteiger partial charge in [0, 0.05) is 5.92 Å². The highest BCUT2D eigenvalue weighted by Crippen LogP contribution is 2.44. The van der Waals surface area contributed by atoms with E-state index in [0.717, 1.165) is 27.8 Å². The molecule has 164 valence electrons. The van der Waals surface area contributed by atoms with Crippen molar-refractivity contribution in [1.29, 1.82) is 0 Å². The Morgan fingerprint density at radius 2 is 1.62 bits per heavy atom. The molecule has 3 aromatic rings. The lowest BCUT2D eigenvalue weighted by atomic mass is 9.98. The zero-order chi connectivity index (χ0) is 22.7. The standard InChI is InChI=1S/C26H25NO5/c1-16-13-17(11-12-24(16)31-2)23(14-25(28)29)27-26(30)32-15-22-20-9-5-3-7-18(20)19-8-4-6-10-21(19)22/h3-13,22-23H,14-15H2,1-2H3,(H,27,30)(H,28,29)/t23-/m0/s1. The molecule has 6 nitrogen and oxygen atoms in total. The van der Waals surface area contributed by atoms with Crippen LogP contribution in [0.2, 0.25) is 0 Å². The Balaban J connectivity index is 1.48. The van der Waals surface area contributed by atoms with E-state index in [-0.39, 0.29) is 18.9 Å². The minimum Gasteiger partial charge on any atom is -0.496 e. The zero-order valence-corrected chi connectivity index (χ0v) is 18.0. The predicted octanol–water partition coefficient (Wildman–Crippen LogP) is 5.06. The molecule has 1 aliphatic carbocycles. The first-order chi connectivity index (χ1) is 15.5. The molecule has 0 saturated carbocycles. The quantitative estimate of drug-likeness (QED) is 0.546. The maximum absolute atomic E-state index is 12.6. The van der Waals surface area contributed by atoms with Gasteiger partial charge in [-0.05, 0) is 46.4 Å². The number of carboxylic acids is 1.